The Morgan fingerprint density at radius 3 is 2.15 bits per heavy atom. The minimum atomic E-state index is 0.366. The molecule has 13 heavy (non-hydrogen) atoms. The number of rotatable bonds is 3. The molecule has 0 aliphatic carbocycles. The zero-order valence-corrected chi connectivity index (χ0v) is 7.96. The number of allylic oxidation sites excluding steroid dienone is 3. The van der Waals surface area contributed by atoms with Crippen LogP contribution in [0.25, 0.3) is 0 Å². The van der Waals surface area contributed by atoms with Gasteiger partial charge >= 0.3 is 0 Å². The second-order valence-electron chi connectivity index (χ2n) is 2.13. The second kappa shape index (κ2) is 8.28. The third kappa shape index (κ3) is 6.57. The first-order valence-electron chi connectivity index (χ1n) is 3.41. The minimum Gasteiger partial charge on any atom is -0.496 e. The molecule has 0 aromatic heterocycles. The van der Waals surface area contributed by atoms with Crippen LogP contribution in [0.2, 0.25) is 0 Å². The second-order valence-corrected chi connectivity index (χ2v) is 2.13. The van der Waals surface area contributed by atoms with E-state index in [1.807, 2.05) is 12.9 Å². The number of hydrogen-bond acceptors (Lipinski definition) is 3. The molecule has 0 aromatic carbocycles. The van der Waals surface area contributed by atoms with Gasteiger partial charge in [-0.1, -0.05) is 13.2 Å². The van der Waals surface area contributed by atoms with Crippen LogP contribution < -0.4 is 0 Å². The molecule has 0 heterocycles. The highest BCUT2D eigenvalue weighted by Gasteiger charge is 1.96. The molecule has 0 N–H and O–H groups in total. The van der Waals surface area contributed by atoms with Crippen molar-refractivity contribution < 1.29 is 9.53 Å². The SMILES string of the molecule is C=C(C#N)/C=C(/OC)C(=C)C.C=O. The lowest BCUT2D eigenvalue weighted by Gasteiger charge is -2.02. The zero-order chi connectivity index (χ0) is 10.9. The van der Waals surface area contributed by atoms with Gasteiger partial charge < -0.3 is 9.53 Å². The highest BCUT2D eigenvalue weighted by Crippen LogP contribution is 2.09. The summed E-state index contributed by atoms with van der Waals surface area (Å²) in [6, 6.07) is 1.89. The van der Waals surface area contributed by atoms with Gasteiger partial charge in [-0.25, -0.2) is 0 Å². The van der Waals surface area contributed by atoms with E-state index in [-0.39, 0.29) is 0 Å². The van der Waals surface area contributed by atoms with Crippen molar-refractivity contribution in [3.63, 3.8) is 0 Å². The number of carbonyl (C=O) groups is 1. The number of carbonyl (C=O) groups excluding carboxylic acids is 1. The third-order valence-electron chi connectivity index (χ3n) is 1.09. The molecule has 3 heteroatoms. The Balaban J connectivity index is 0. The van der Waals surface area contributed by atoms with Crippen molar-refractivity contribution in [3.05, 3.63) is 36.1 Å². The standard InChI is InChI=1S/C9H11NO.CH2O/c1-7(2)9(11-4)5-8(3)6-10;1-2/h5H,1,3H2,2,4H3;1H2/b9-5+;. The number of nitrogens with zero attached hydrogens (tertiary/aromatic N) is 1. The topological polar surface area (TPSA) is 50.1 Å². The molecule has 0 aliphatic heterocycles. The maximum absolute atomic E-state index is 8.38. The van der Waals surface area contributed by atoms with Crippen LogP contribution in [-0.4, -0.2) is 13.9 Å². The Morgan fingerprint density at radius 2 is 1.92 bits per heavy atom. The Labute approximate surface area is 78.6 Å². The average molecular weight is 179 g/mol. The lowest BCUT2D eigenvalue weighted by atomic mass is 10.2. The fraction of sp³-hybridized carbons (Fsp3) is 0.200. The van der Waals surface area contributed by atoms with E-state index < -0.39 is 0 Å². The van der Waals surface area contributed by atoms with Crippen LogP contribution in [-0.2, 0) is 9.53 Å². The average Bonchev–Trinajstić information content (AvgIpc) is 2.16. The molecule has 0 aliphatic rings. The van der Waals surface area contributed by atoms with E-state index in [0.717, 1.165) is 5.57 Å². The summed E-state index contributed by atoms with van der Waals surface area (Å²) in [7, 11) is 1.53. The first-order chi connectivity index (χ1) is 6.11. The van der Waals surface area contributed by atoms with Crippen molar-refractivity contribution in [1.29, 1.82) is 5.26 Å². The summed E-state index contributed by atoms with van der Waals surface area (Å²) >= 11 is 0. The maximum Gasteiger partial charge on any atom is 0.122 e. The van der Waals surface area contributed by atoms with Gasteiger partial charge in [0, 0.05) is 5.57 Å². The number of hydrogen-bond donors (Lipinski definition) is 0. The van der Waals surface area contributed by atoms with Crippen molar-refractivity contribution in [2.24, 2.45) is 0 Å². The van der Waals surface area contributed by atoms with Crippen LogP contribution in [0, 0.1) is 11.3 Å². The van der Waals surface area contributed by atoms with Gasteiger partial charge in [0.2, 0.25) is 0 Å². The van der Waals surface area contributed by atoms with E-state index in [1.54, 1.807) is 13.0 Å². The molecule has 0 rings (SSSR count). The van der Waals surface area contributed by atoms with Gasteiger partial charge in [-0.3, -0.25) is 0 Å². The Bertz CT molecular complexity index is 259. The van der Waals surface area contributed by atoms with Crippen molar-refractivity contribution in [2.45, 2.75) is 6.92 Å². The van der Waals surface area contributed by atoms with E-state index in [0.29, 0.717) is 11.3 Å². The third-order valence-corrected chi connectivity index (χ3v) is 1.09. The van der Waals surface area contributed by atoms with Crippen LogP contribution in [0.3, 0.4) is 0 Å². The summed E-state index contributed by atoms with van der Waals surface area (Å²) < 4.78 is 4.93. The van der Waals surface area contributed by atoms with Crippen molar-refractivity contribution in [3.8, 4) is 6.07 Å². The monoisotopic (exact) mass is 179 g/mol. The van der Waals surface area contributed by atoms with Gasteiger partial charge in [0.25, 0.3) is 0 Å². The predicted molar refractivity (Wildman–Crippen MR) is 51.8 cm³/mol. The molecule has 3 nitrogen and oxygen atoms in total. The minimum absolute atomic E-state index is 0.366. The van der Waals surface area contributed by atoms with Gasteiger partial charge in [-0.05, 0) is 18.6 Å². The van der Waals surface area contributed by atoms with Crippen molar-refractivity contribution in [1.82, 2.24) is 0 Å². The van der Waals surface area contributed by atoms with Crippen molar-refractivity contribution >= 4 is 6.79 Å². The molecule has 0 saturated carbocycles. The molecular formula is C10H13NO2. The molecule has 0 saturated heterocycles. The normalized spacial score (nSPS) is 8.85. The summed E-state index contributed by atoms with van der Waals surface area (Å²) in [5.41, 5.74) is 1.15. The smallest absolute Gasteiger partial charge is 0.122 e. The first-order valence-corrected chi connectivity index (χ1v) is 3.41. The summed E-state index contributed by atoms with van der Waals surface area (Å²) in [4.78, 5) is 8.00. The number of ether oxygens (including phenoxy) is 1. The molecule has 0 atom stereocenters. The van der Waals surface area contributed by atoms with E-state index in [2.05, 4.69) is 13.2 Å². The molecule has 70 valence electrons. The molecule has 0 radical (unpaired) electrons. The molecular weight excluding hydrogens is 166 g/mol. The summed E-state index contributed by atoms with van der Waals surface area (Å²) in [6.07, 6.45) is 1.56. The number of methoxy groups -OCH3 is 1. The van der Waals surface area contributed by atoms with Crippen LogP contribution in [0.5, 0.6) is 0 Å². The lowest BCUT2D eigenvalue weighted by Crippen LogP contribution is -1.87. The zero-order valence-electron chi connectivity index (χ0n) is 7.96. The Morgan fingerprint density at radius 1 is 1.46 bits per heavy atom. The van der Waals surface area contributed by atoms with Gasteiger partial charge in [-0.2, -0.15) is 5.26 Å². The summed E-state index contributed by atoms with van der Waals surface area (Å²) in [5, 5.41) is 8.38. The largest absolute Gasteiger partial charge is 0.496 e. The molecule has 0 spiro atoms. The summed E-state index contributed by atoms with van der Waals surface area (Å²) in [6.45, 7) is 11.0. The van der Waals surface area contributed by atoms with Crippen LogP contribution >= 0.6 is 0 Å². The highest BCUT2D eigenvalue weighted by atomic mass is 16.5. The van der Waals surface area contributed by atoms with Gasteiger partial charge in [0.15, 0.2) is 0 Å². The maximum atomic E-state index is 8.38. The Hall–Kier alpha value is -1.82. The van der Waals surface area contributed by atoms with E-state index in [1.165, 1.54) is 7.11 Å². The molecule has 0 unspecified atom stereocenters. The van der Waals surface area contributed by atoms with E-state index in [4.69, 9.17) is 14.8 Å². The van der Waals surface area contributed by atoms with E-state index >= 15 is 0 Å². The predicted octanol–water partition coefficient (Wildman–Crippen LogP) is 1.99. The fourth-order valence-electron chi connectivity index (χ4n) is 0.547. The van der Waals surface area contributed by atoms with Crippen LogP contribution in [0.1, 0.15) is 6.92 Å². The molecule has 0 bridgehead atoms. The van der Waals surface area contributed by atoms with Crippen molar-refractivity contribution in [2.75, 3.05) is 7.11 Å². The quantitative estimate of drug-likeness (QED) is 0.378. The van der Waals surface area contributed by atoms with Crippen LogP contribution in [0.4, 0.5) is 0 Å². The van der Waals surface area contributed by atoms with Gasteiger partial charge in [-0.15, -0.1) is 0 Å². The van der Waals surface area contributed by atoms with E-state index in [9.17, 15) is 0 Å². The molecule has 0 aromatic rings. The van der Waals surface area contributed by atoms with Gasteiger partial charge in [0.05, 0.1) is 13.2 Å². The fourth-order valence-corrected chi connectivity index (χ4v) is 0.547. The van der Waals surface area contributed by atoms with Gasteiger partial charge in [0.1, 0.15) is 12.5 Å². The highest BCUT2D eigenvalue weighted by molar-refractivity contribution is 5.36. The Kier molecular flexibility index (Phi) is 8.75. The van der Waals surface area contributed by atoms with Crippen LogP contribution in [0.15, 0.2) is 36.1 Å². The first kappa shape index (κ1) is 13.7. The lowest BCUT2D eigenvalue weighted by molar-refractivity contribution is -0.0979. The number of nitriles is 1. The molecule has 0 fully saturated rings. The summed E-state index contributed by atoms with van der Waals surface area (Å²) in [5.74, 6) is 0.594. The molecule has 0 amide bonds.